The van der Waals surface area contributed by atoms with Gasteiger partial charge in [0.05, 0.1) is 17.7 Å². The van der Waals surface area contributed by atoms with Crippen molar-refractivity contribution in [3.05, 3.63) is 16.6 Å². The van der Waals surface area contributed by atoms with Gasteiger partial charge in [0, 0.05) is 5.38 Å². The number of hydrogen-bond acceptors (Lipinski definition) is 7. The van der Waals surface area contributed by atoms with E-state index in [2.05, 4.69) is 20.5 Å². The highest BCUT2D eigenvalue weighted by Crippen LogP contribution is 2.08. The minimum atomic E-state index is 0.0563. The van der Waals surface area contributed by atoms with Crippen LogP contribution in [0.3, 0.4) is 0 Å². The van der Waals surface area contributed by atoms with Gasteiger partial charge in [0.15, 0.2) is 0 Å². The number of nitrogen functional groups attached to an aromatic ring is 1. The summed E-state index contributed by atoms with van der Waals surface area (Å²) in [6.07, 6.45) is 0. The molecule has 0 aliphatic heterocycles. The molecule has 0 saturated heterocycles. The van der Waals surface area contributed by atoms with Crippen LogP contribution in [0, 0.1) is 0 Å². The molecule has 6 nitrogen and oxygen atoms in total. The number of nitrogens with two attached hydrogens (primary N) is 1. The lowest BCUT2D eigenvalue weighted by Gasteiger charge is -1.95. The standard InChI is InChI=1S/C6H7N5OS/c7-5-10-11-6(12-5)8-1-4-2-13-3-9-4/h2-3H,1H2,(H2,7,10)(H,8,11). The van der Waals surface area contributed by atoms with E-state index in [9.17, 15) is 0 Å². The van der Waals surface area contributed by atoms with Crippen LogP contribution >= 0.6 is 11.3 Å². The third-order valence-corrected chi connectivity index (χ3v) is 1.98. The van der Waals surface area contributed by atoms with Crippen LogP contribution in [0.5, 0.6) is 0 Å². The van der Waals surface area contributed by atoms with Gasteiger partial charge in [0.1, 0.15) is 0 Å². The van der Waals surface area contributed by atoms with Crippen LogP contribution in [0.2, 0.25) is 0 Å². The molecule has 0 aliphatic rings. The van der Waals surface area contributed by atoms with Gasteiger partial charge in [-0.25, -0.2) is 4.98 Å². The molecule has 2 rings (SSSR count). The van der Waals surface area contributed by atoms with Crippen LogP contribution in [0.25, 0.3) is 0 Å². The molecule has 0 spiro atoms. The maximum atomic E-state index is 5.23. The zero-order valence-electron chi connectivity index (χ0n) is 6.60. The number of nitrogens with zero attached hydrogens (tertiary/aromatic N) is 3. The molecule has 68 valence electrons. The number of rotatable bonds is 3. The Morgan fingerprint density at radius 2 is 2.46 bits per heavy atom. The third kappa shape index (κ3) is 1.94. The van der Waals surface area contributed by atoms with Crippen molar-refractivity contribution in [1.29, 1.82) is 0 Å². The largest absolute Gasteiger partial charge is 0.390 e. The predicted molar refractivity (Wildman–Crippen MR) is 48.2 cm³/mol. The van der Waals surface area contributed by atoms with Crippen LogP contribution in [0.1, 0.15) is 5.69 Å². The molecule has 0 fully saturated rings. The number of hydrogen-bond donors (Lipinski definition) is 2. The second kappa shape index (κ2) is 3.40. The lowest BCUT2D eigenvalue weighted by atomic mass is 10.5. The molecule has 3 N–H and O–H groups in total. The zero-order chi connectivity index (χ0) is 9.10. The fraction of sp³-hybridized carbons (Fsp3) is 0.167. The van der Waals surface area contributed by atoms with E-state index >= 15 is 0 Å². The Kier molecular flexibility index (Phi) is 2.09. The van der Waals surface area contributed by atoms with Crippen molar-refractivity contribution in [2.24, 2.45) is 0 Å². The number of aromatic nitrogens is 3. The van der Waals surface area contributed by atoms with Crippen molar-refractivity contribution in [1.82, 2.24) is 15.2 Å². The molecule has 0 amide bonds. The topological polar surface area (TPSA) is 89.9 Å². The van der Waals surface area contributed by atoms with Crippen molar-refractivity contribution >= 4 is 23.4 Å². The Morgan fingerprint density at radius 1 is 1.54 bits per heavy atom. The van der Waals surface area contributed by atoms with Gasteiger partial charge in [0.2, 0.25) is 0 Å². The van der Waals surface area contributed by atoms with Crippen LogP contribution in [0.4, 0.5) is 12.0 Å². The molecule has 0 atom stereocenters. The van der Waals surface area contributed by atoms with Crippen LogP contribution in [-0.4, -0.2) is 15.2 Å². The second-order valence-electron chi connectivity index (χ2n) is 2.28. The molecule has 13 heavy (non-hydrogen) atoms. The maximum absolute atomic E-state index is 5.23. The van der Waals surface area contributed by atoms with E-state index in [1.54, 1.807) is 5.51 Å². The highest BCUT2D eigenvalue weighted by Gasteiger charge is 2.01. The first kappa shape index (κ1) is 7.99. The Balaban J connectivity index is 1.93. The van der Waals surface area contributed by atoms with E-state index in [0.717, 1.165) is 5.69 Å². The fourth-order valence-electron chi connectivity index (χ4n) is 0.797. The average molecular weight is 197 g/mol. The Labute approximate surface area is 77.8 Å². The molecule has 2 heterocycles. The molecule has 0 unspecified atom stereocenters. The van der Waals surface area contributed by atoms with Gasteiger partial charge in [-0.05, 0) is 0 Å². The lowest BCUT2D eigenvalue weighted by molar-refractivity contribution is 0.586. The summed E-state index contributed by atoms with van der Waals surface area (Å²) in [6, 6.07) is 0.367. The minimum absolute atomic E-state index is 0.0563. The number of thiazole rings is 1. The summed E-state index contributed by atoms with van der Waals surface area (Å²) >= 11 is 1.54. The van der Waals surface area contributed by atoms with Crippen LogP contribution < -0.4 is 11.1 Å². The number of nitrogens with one attached hydrogen (secondary N) is 1. The first-order valence-corrected chi connectivity index (χ1v) is 4.49. The first-order valence-electron chi connectivity index (χ1n) is 3.54. The first-order chi connectivity index (χ1) is 6.34. The van der Waals surface area contributed by atoms with Gasteiger partial charge in [-0.3, -0.25) is 0 Å². The average Bonchev–Trinajstić information content (AvgIpc) is 2.71. The van der Waals surface area contributed by atoms with Crippen molar-refractivity contribution in [2.45, 2.75) is 6.54 Å². The third-order valence-electron chi connectivity index (χ3n) is 1.34. The molecule has 0 bridgehead atoms. The lowest BCUT2D eigenvalue weighted by Crippen LogP contribution is -1.99. The number of anilines is 2. The monoisotopic (exact) mass is 197 g/mol. The summed E-state index contributed by atoms with van der Waals surface area (Å²) in [5.74, 6) is 0. The molecule has 0 radical (unpaired) electrons. The van der Waals surface area contributed by atoms with E-state index in [1.807, 2.05) is 5.38 Å². The summed E-state index contributed by atoms with van der Waals surface area (Å²) in [4.78, 5) is 4.07. The van der Waals surface area contributed by atoms with E-state index in [4.69, 9.17) is 10.2 Å². The molecular weight excluding hydrogens is 190 g/mol. The SMILES string of the molecule is Nc1nnc(NCc2cscn2)o1. The van der Waals surface area contributed by atoms with Crippen molar-refractivity contribution < 1.29 is 4.42 Å². The van der Waals surface area contributed by atoms with E-state index in [-0.39, 0.29) is 6.01 Å². The van der Waals surface area contributed by atoms with E-state index in [1.165, 1.54) is 11.3 Å². The predicted octanol–water partition coefficient (Wildman–Crippen LogP) is 0.720. The highest BCUT2D eigenvalue weighted by atomic mass is 32.1. The summed E-state index contributed by atoms with van der Waals surface area (Å²) < 4.78 is 4.90. The van der Waals surface area contributed by atoms with Gasteiger partial charge in [-0.2, -0.15) is 0 Å². The van der Waals surface area contributed by atoms with Gasteiger partial charge in [0.25, 0.3) is 0 Å². The van der Waals surface area contributed by atoms with Gasteiger partial charge in [-0.15, -0.1) is 11.3 Å². The van der Waals surface area contributed by atoms with Crippen LogP contribution in [0.15, 0.2) is 15.3 Å². The highest BCUT2D eigenvalue weighted by molar-refractivity contribution is 7.07. The smallest absolute Gasteiger partial charge is 0.317 e. The van der Waals surface area contributed by atoms with E-state index < -0.39 is 0 Å². The van der Waals surface area contributed by atoms with Crippen molar-refractivity contribution in [3.8, 4) is 0 Å². The molecule has 0 saturated carbocycles. The molecule has 0 aliphatic carbocycles. The molecule has 0 aromatic carbocycles. The molecular formula is C6H7N5OS. The van der Waals surface area contributed by atoms with Crippen molar-refractivity contribution in [2.75, 3.05) is 11.1 Å². The van der Waals surface area contributed by atoms with E-state index in [0.29, 0.717) is 12.6 Å². The normalized spacial score (nSPS) is 10.2. The quantitative estimate of drug-likeness (QED) is 0.753. The second-order valence-corrected chi connectivity index (χ2v) is 3.00. The summed E-state index contributed by atoms with van der Waals surface area (Å²) in [7, 11) is 0. The van der Waals surface area contributed by atoms with Gasteiger partial charge < -0.3 is 15.5 Å². The minimum Gasteiger partial charge on any atom is -0.390 e. The molecule has 2 aromatic rings. The van der Waals surface area contributed by atoms with Crippen molar-refractivity contribution in [3.63, 3.8) is 0 Å². The summed E-state index contributed by atoms with van der Waals surface area (Å²) in [5, 5.41) is 12.0. The Bertz CT molecular complexity index is 370. The zero-order valence-corrected chi connectivity index (χ0v) is 7.41. The maximum Gasteiger partial charge on any atom is 0.317 e. The summed E-state index contributed by atoms with van der Waals surface area (Å²) in [6.45, 7) is 0.561. The van der Waals surface area contributed by atoms with Gasteiger partial charge >= 0.3 is 12.0 Å². The fourth-order valence-corrected chi connectivity index (χ4v) is 1.36. The Morgan fingerprint density at radius 3 is 3.08 bits per heavy atom. The molecule has 2 aromatic heterocycles. The van der Waals surface area contributed by atoms with Crippen LogP contribution in [-0.2, 0) is 6.54 Å². The molecule has 7 heteroatoms. The summed E-state index contributed by atoms with van der Waals surface area (Å²) in [5.41, 5.74) is 7.93. The Hall–Kier alpha value is -1.63. The van der Waals surface area contributed by atoms with Gasteiger partial charge in [-0.1, -0.05) is 10.2 Å².